The van der Waals surface area contributed by atoms with Crippen molar-refractivity contribution in [1.29, 1.82) is 0 Å². The van der Waals surface area contributed by atoms with Gasteiger partial charge in [-0.3, -0.25) is 9.98 Å². The summed E-state index contributed by atoms with van der Waals surface area (Å²) in [5.74, 6) is -0.465. The Labute approximate surface area is 161 Å². The van der Waals surface area contributed by atoms with Gasteiger partial charge < -0.3 is 25.2 Å². The van der Waals surface area contributed by atoms with Crippen LogP contribution >= 0.6 is 0 Å². The number of phenols is 4. The van der Waals surface area contributed by atoms with Gasteiger partial charge >= 0.3 is 0 Å². The van der Waals surface area contributed by atoms with E-state index in [-0.39, 0.29) is 23.0 Å². The van der Waals surface area contributed by atoms with Gasteiger partial charge in [0.15, 0.2) is 23.0 Å². The van der Waals surface area contributed by atoms with Crippen LogP contribution in [0, 0.1) is 0 Å². The minimum Gasteiger partial charge on any atom is -0.504 e. The Hall–Kier alpha value is -4.00. The van der Waals surface area contributed by atoms with Crippen LogP contribution in [-0.4, -0.2) is 40.0 Å². The standard InChI is InChI=1S/C21H18N2O5/c1-28-15-8-9-16(22-11-13-4-2-6-18(24)20(13)26)17(10-15)23-12-14-5-3-7-19(25)21(14)27/h2-12,24-27H,1H3. The molecule has 0 aliphatic heterocycles. The van der Waals surface area contributed by atoms with Gasteiger partial charge in [-0.1, -0.05) is 12.1 Å². The second-order valence-corrected chi connectivity index (χ2v) is 5.80. The molecule has 0 fully saturated rings. The lowest BCUT2D eigenvalue weighted by molar-refractivity contribution is 0.403. The van der Waals surface area contributed by atoms with E-state index in [1.165, 1.54) is 31.7 Å². The van der Waals surface area contributed by atoms with Crippen LogP contribution in [-0.2, 0) is 0 Å². The molecule has 0 heterocycles. The molecule has 0 radical (unpaired) electrons. The van der Waals surface area contributed by atoms with Gasteiger partial charge in [-0.25, -0.2) is 0 Å². The molecule has 3 rings (SSSR count). The van der Waals surface area contributed by atoms with Crippen molar-refractivity contribution in [3.63, 3.8) is 0 Å². The minimum atomic E-state index is -0.274. The molecule has 0 bridgehead atoms. The predicted octanol–water partition coefficient (Wildman–Crippen LogP) is 4.02. The average molecular weight is 378 g/mol. The molecule has 0 amide bonds. The first-order valence-electron chi connectivity index (χ1n) is 8.27. The van der Waals surface area contributed by atoms with Crippen molar-refractivity contribution in [1.82, 2.24) is 0 Å². The fourth-order valence-electron chi connectivity index (χ4n) is 2.43. The van der Waals surface area contributed by atoms with Gasteiger partial charge in [0.05, 0.1) is 18.5 Å². The molecule has 0 spiro atoms. The maximum absolute atomic E-state index is 9.91. The van der Waals surface area contributed by atoms with Crippen molar-refractivity contribution < 1.29 is 25.2 Å². The number of hydrogen-bond acceptors (Lipinski definition) is 7. The third-order valence-corrected chi connectivity index (χ3v) is 3.96. The van der Waals surface area contributed by atoms with Gasteiger partial charge in [0, 0.05) is 29.6 Å². The van der Waals surface area contributed by atoms with Crippen LogP contribution in [0.25, 0.3) is 0 Å². The summed E-state index contributed by atoms with van der Waals surface area (Å²) in [7, 11) is 1.53. The van der Waals surface area contributed by atoms with Crippen LogP contribution in [0.5, 0.6) is 28.7 Å². The molecule has 0 aliphatic carbocycles. The predicted molar refractivity (Wildman–Crippen MR) is 107 cm³/mol. The number of aliphatic imine (C=N–C) groups is 2. The first-order valence-corrected chi connectivity index (χ1v) is 8.27. The summed E-state index contributed by atoms with van der Waals surface area (Å²) >= 11 is 0. The number of aromatic hydroxyl groups is 4. The van der Waals surface area contributed by atoms with E-state index in [2.05, 4.69) is 9.98 Å². The van der Waals surface area contributed by atoms with Gasteiger partial charge in [0.25, 0.3) is 0 Å². The molecule has 3 aromatic carbocycles. The zero-order chi connectivity index (χ0) is 20.1. The highest BCUT2D eigenvalue weighted by Gasteiger charge is 2.07. The third-order valence-electron chi connectivity index (χ3n) is 3.96. The zero-order valence-electron chi connectivity index (χ0n) is 14.9. The first-order chi connectivity index (χ1) is 13.5. The maximum Gasteiger partial charge on any atom is 0.166 e. The Balaban J connectivity index is 1.98. The van der Waals surface area contributed by atoms with Gasteiger partial charge in [0.1, 0.15) is 5.75 Å². The van der Waals surface area contributed by atoms with E-state index in [1.807, 2.05) is 0 Å². The number of methoxy groups -OCH3 is 1. The van der Waals surface area contributed by atoms with Crippen molar-refractivity contribution in [3.05, 3.63) is 65.7 Å². The molecule has 142 valence electrons. The second kappa shape index (κ2) is 8.13. The quantitative estimate of drug-likeness (QED) is 0.395. The molecular formula is C21H18N2O5. The monoisotopic (exact) mass is 378 g/mol. The van der Waals surface area contributed by atoms with Crippen molar-refractivity contribution in [2.24, 2.45) is 9.98 Å². The molecule has 0 atom stereocenters. The normalized spacial score (nSPS) is 11.3. The fraction of sp³-hybridized carbons (Fsp3) is 0.0476. The highest BCUT2D eigenvalue weighted by atomic mass is 16.5. The van der Waals surface area contributed by atoms with Crippen LogP contribution in [0.4, 0.5) is 11.4 Å². The molecule has 0 saturated carbocycles. The Morgan fingerprint density at radius 3 is 1.79 bits per heavy atom. The van der Waals surface area contributed by atoms with Crippen LogP contribution in [0.1, 0.15) is 11.1 Å². The Morgan fingerprint density at radius 1 is 0.714 bits per heavy atom. The molecule has 7 heteroatoms. The second-order valence-electron chi connectivity index (χ2n) is 5.80. The van der Waals surface area contributed by atoms with Crippen molar-refractivity contribution in [2.75, 3.05) is 7.11 Å². The van der Waals surface area contributed by atoms with Crippen molar-refractivity contribution >= 4 is 23.8 Å². The van der Waals surface area contributed by atoms with E-state index >= 15 is 0 Å². The minimum absolute atomic E-state index is 0.240. The molecule has 0 unspecified atom stereocenters. The number of ether oxygens (including phenoxy) is 1. The molecule has 0 saturated heterocycles. The van der Waals surface area contributed by atoms with Crippen LogP contribution in [0.3, 0.4) is 0 Å². The number of rotatable bonds is 5. The summed E-state index contributed by atoms with van der Waals surface area (Å²) < 4.78 is 5.21. The number of nitrogens with zero attached hydrogens (tertiary/aromatic N) is 2. The summed E-state index contributed by atoms with van der Waals surface area (Å²) in [5, 5.41) is 39.0. The summed E-state index contributed by atoms with van der Waals surface area (Å²) in [6.45, 7) is 0. The molecule has 4 N–H and O–H groups in total. The Bertz CT molecular complexity index is 1060. The zero-order valence-corrected chi connectivity index (χ0v) is 14.9. The van der Waals surface area contributed by atoms with Gasteiger partial charge in [-0.2, -0.15) is 0 Å². The SMILES string of the molecule is COc1ccc(N=Cc2cccc(O)c2O)c(N=Cc2cccc(O)c2O)c1. The van der Waals surface area contributed by atoms with Gasteiger partial charge in [0.2, 0.25) is 0 Å². The smallest absolute Gasteiger partial charge is 0.166 e. The lowest BCUT2D eigenvalue weighted by Crippen LogP contribution is -1.85. The first kappa shape index (κ1) is 18.8. The Kier molecular flexibility index (Phi) is 5.45. The van der Waals surface area contributed by atoms with E-state index in [1.54, 1.807) is 42.5 Å². The number of para-hydroxylation sites is 2. The molecule has 7 nitrogen and oxygen atoms in total. The van der Waals surface area contributed by atoms with Crippen molar-refractivity contribution in [3.8, 4) is 28.7 Å². The largest absolute Gasteiger partial charge is 0.504 e. The van der Waals surface area contributed by atoms with Gasteiger partial charge in [-0.15, -0.1) is 0 Å². The molecule has 3 aromatic rings. The molecule has 28 heavy (non-hydrogen) atoms. The third kappa shape index (κ3) is 4.04. The lowest BCUT2D eigenvalue weighted by Gasteiger charge is -2.06. The van der Waals surface area contributed by atoms with Crippen LogP contribution in [0.2, 0.25) is 0 Å². The van der Waals surface area contributed by atoms with E-state index in [9.17, 15) is 20.4 Å². The lowest BCUT2D eigenvalue weighted by atomic mass is 10.2. The van der Waals surface area contributed by atoms with E-state index < -0.39 is 0 Å². The number of phenolic OH excluding ortho intramolecular Hbond substituents is 4. The highest BCUT2D eigenvalue weighted by Crippen LogP contribution is 2.34. The molecular weight excluding hydrogens is 360 g/mol. The molecule has 0 aromatic heterocycles. The average Bonchev–Trinajstić information content (AvgIpc) is 2.70. The van der Waals surface area contributed by atoms with Crippen LogP contribution in [0.15, 0.2) is 64.6 Å². The van der Waals surface area contributed by atoms with Crippen LogP contribution < -0.4 is 4.74 Å². The van der Waals surface area contributed by atoms with Crippen molar-refractivity contribution in [2.45, 2.75) is 0 Å². The van der Waals surface area contributed by atoms with E-state index in [0.717, 1.165) is 0 Å². The summed E-state index contributed by atoms with van der Waals surface area (Å²) in [4.78, 5) is 8.67. The van der Waals surface area contributed by atoms with E-state index in [4.69, 9.17) is 4.74 Å². The topological polar surface area (TPSA) is 115 Å². The Morgan fingerprint density at radius 2 is 1.25 bits per heavy atom. The molecule has 0 aliphatic rings. The van der Waals surface area contributed by atoms with E-state index in [0.29, 0.717) is 28.3 Å². The van der Waals surface area contributed by atoms with Gasteiger partial charge in [-0.05, 0) is 36.4 Å². The highest BCUT2D eigenvalue weighted by molar-refractivity contribution is 5.90. The number of benzene rings is 3. The summed E-state index contributed by atoms with van der Waals surface area (Å²) in [6, 6.07) is 14.2. The fourth-order valence-corrected chi connectivity index (χ4v) is 2.43. The number of hydrogen-bond donors (Lipinski definition) is 4. The maximum atomic E-state index is 9.91. The summed E-state index contributed by atoms with van der Waals surface area (Å²) in [5.41, 5.74) is 1.59. The summed E-state index contributed by atoms with van der Waals surface area (Å²) in [6.07, 6.45) is 2.80.